The average molecular weight is 545 g/mol. The minimum Gasteiger partial charge on any atom is -0.497 e. The number of hydrogen-bond acceptors (Lipinski definition) is 7. The monoisotopic (exact) mass is 544 g/mol. The molecule has 0 fully saturated rings. The van der Waals surface area contributed by atoms with Crippen LogP contribution in [0.3, 0.4) is 0 Å². The van der Waals surface area contributed by atoms with Crippen LogP contribution in [0.5, 0.6) is 17.2 Å². The lowest BCUT2D eigenvalue weighted by molar-refractivity contribution is -0.117. The van der Waals surface area contributed by atoms with Crippen molar-refractivity contribution in [1.29, 1.82) is 0 Å². The molecule has 0 aliphatic carbocycles. The fourth-order valence-corrected chi connectivity index (χ4v) is 4.02. The van der Waals surface area contributed by atoms with Gasteiger partial charge >= 0.3 is 0 Å². The van der Waals surface area contributed by atoms with E-state index in [9.17, 15) is 9.59 Å². The Bertz CT molecular complexity index is 1420. The molecule has 0 spiro atoms. The van der Waals surface area contributed by atoms with Gasteiger partial charge in [-0.2, -0.15) is 0 Å². The number of methoxy groups -OCH3 is 4. The van der Waals surface area contributed by atoms with Crippen LogP contribution in [0.1, 0.15) is 10.4 Å². The standard InChI is InChI=1S/C30H32N4O6/c1-37-18-17-33(29(36)22-7-13-25(39-3)14-8-22)20-28(35)32-30-31-27(21-5-11-24(38-2)12-6-21)19-34(30)23-9-15-26(40-4)16-10-23/h5-16,19H,17-18,20H2,1-4H3,(H,31,32,35). The Morgan fingerprint density at radius 2 is 1.35 bits per heavy atom. The number of aromatic nitrogens is 2. The van der Waals surface area contributed by atoms with Crippen molar-refractivity contribution < 1.29 is 28.5 Å². The van der Waals surface area contributed by atoms with E-state index in [2.05, 4.69) is 5.32 Å². The van der Waals surface area contributed by atoms with Gasteiger partial charge in [0, 0.05) is 36.7 Å². The number of amides is 2. The van der Waals surface area contributed by atoms with Gasteiger partial charge in [0.1, 0.15) is 23.8 Å². The first kappa shape index (κ1) is 28.2. The van der Waals surface area contributed by atoms with Crippen LogP contribution in [0.25, 0.3) is 16.9 Å². The molecule has 1 aromatic heterocycles. The maximum absolute atomic E-state index is 13.3. The minimum atomic E-state index is -0.403. The molecule has 2 amide bonds. The van der Waals surface area contributed by atoms with Crippen LogP contribution in [0, 0.1) is 0 Å². The van der Waals surface area contributed by atoms with E-state index in [0.717, 1.165) is 17.0 Å². The number of ether oxygens (including phenoxy) is 4. The summed E-state index contributed by atoms with van der Waals surface area (Å²) in [7, 11) is 6.31. The predicted octanol–water partition coefficient (Wildman–Crippen LogP) is 4.29. The highest BCUT2D eigenvalue weighted by Crippen LogP contribution is 2.27. The second-order valence-electron chi connectivity index (χ2n) is 8.74. The lowest BCUT2D eigenvalue weighted by Gasteiger charge is -2.22. The van der Waals surface area contributed by atoms with E-state index < -0.39 is 5.91 Å². The van der Waals surface area contributed by atoms with Gasteiger partial charge in [-0.05, 0) is 72.8 Å². The molecule has 10 heteroatoms. The highest BCUT2D eigenvalue weighted by Gasteiger charge is 2.21. The molecule has 40 heavy (non-hydrogen) atoms. The molecular weight excluding hydrogens is 512 g/mol. The van der Waals surface area contributed by atoms with E-state index in [1.165, 1.54) is 4.90 Å². The molecule has 0 radical (unpaired) electrons. The fourth-order valence-electron chi connectivity index (χ4n) is 4.02. The third kappa shape index (κ3) is 6.78. The molecule has 0 aliphatic heterocycles. The SMILES string of the molecule is COCCN(CC(=O)Nc1nc(-c2ccc(OC)cc2)cn1-c1ccc(OC)cc1)C(=O)c1ccc(OC)cc1. The van der Waals surface area contributed by atoms with Gasteiger partial charge < -0.3 is 23.8 Å². The van der Waals surface area contributed by atoms with Gasteiger partial charge in [-0.15, -0.1) is 0 Å². The van der Waals surface area contributed by atoms with Gasteiger partial charge in [0.05, 0.1) is 33.6 Å². The summed E-state index contributed by atoms with van der Waals surface area (Å²) in [4.78, 5) is 32.7. The largest absolute Gasteiger partial charge is 0.497 e. The molecule has 0 atom stereocenters. The molecule has 3 aromatic carbocycles. The summed E-state index contributed by atoms with van der Waals surface area (Å²) >= 11 is 0. The zero-order valence-electron chi connectivity index (χ0n) is 22.9. The Hall–Kier alpha value is -4.83. The summed E-state index contributed by atoms with van der Waals surface area (Å²) in [5.41, 5.74) is 2.71. The number of rotatable bonds is 12. The first-order chi connectivity index (χ1) is 19.4. The third-order valence-corrected chi connectivity index (χ3v) is 6.22. The Balaban J connectivity index is 1.60. The maximum atomic E-state index is 13.3. The number of nitrogens with zero attached hydrogens (tertiary/aromatic N) is 3. The van der Waals surface area contributed by atoms with Crippen LogP contribution >= 0.6 is 0 Å². The van der Waals surface area contributed by atoms with Gasteiger partial charge in [-0.3, -0.25) is 19.5 Å². The fraction of sp³-hybridized carbons (Fsp3) is 0.233. The van der Waals surface area contributed by atoms with Gasteiger partial charge in [0.15, 0.2) is 0 Å². The molecule has 0 unspecified atom stereocenters. The van der Waals surface area contributed by atoms with Crippen molar-refractivity contribution in [2.75, 3.05) is 53.5 Å². The third-order valence-electron chi connectivity index (χ3n) is 6.22. The van der Waals surface area contributed by atoms with Crippen LogP contribution in [-0.4, -0.2) is 74.4 Å². The molecule has 0 saturated heterocycles. The predicted molar refractivity (Wildman–Crippen MR) is 152 cm³/mol. The van der Waals surface area contributed by atoms with E-state index >= 15 is 0 Å². The van der Waals surface area contributed by atoms with Crippen molar-refractivity contribution in [2.24, 2.45) is 0 Å². The van der Waals surface area contributed by atoms with E-state index in [4.69, 9.17) is 23.9 Å². The Morgan fingerprint density at radius 3 is 1.90 bits per heavy atom. The first-order valence-corrected chi connectivity index (χ1v) is 12.6. The molecule has 0 saturated carbocycles. The van der Waals surface area contributed by atoms with Crippen molar-refractivity contribution in [3.05, 3.63) is 84.6 Å². The molecule has 4 rings (SSSR count). The van der Waals surface area contributed by atoms with Crippen molar-refractivity contribution in [3.63, 3.8) is 0 Å². The van der Waals surface area contributed by atoms with Crippen molar-refractivity contribution in [1.82, 2.24) is 14.5 Å². The number of hydrogen-bond donors (Lipinski definition) is 1. The van der Waals surface area contributed by atoms with Gasteiger partial charge in [-0.25, -0.2) is 4.98 Å². The number of anilines is 1. The van der Waals surface area contributed by atoms with Crippen LogP contribution < -0.4 is 19.5 Å². The molecule has 1 heterocycles. The van der Waals surface area contributed by atoms with Crippen molar-refractivity contribution >= 4 is 17.8 Å². The second kappa shape index (κ2) is 13.3. The highest BCUT2D eigenvalue weighted by molar-refractivity contribution is 5.99. The summed E-state index contributed by atoms with van der Waals surface area (Å²) in [6.45, 7) is 0.317. The summed E-state index contributed by atoms with van der Waals surface area (Å²) in [5.74, 6) is 1.67. The van der Waals surface area contributed by atoms with Gasteiger partial charge in [0.2, 0.25) is 11.9 Å². The molecule has 0 aliphatic rings. The summed E-state index contributed by atoms with van der Waals surface area (Å²) in [6.07, 6.45) is 1.84. The van der Waals surface area contributed by atoms with Gasteiger partial charge in [0.25, 0.3) is 5.91 Å². The van der Waals surface area contributed by atoms with Crippen LogP contribution in [-0.2, 0) is 9.53 Å². The Labute approximate surface area is 233 Å². The van der Waals surface area contributed by atoms with Crippen LogP contribution in [0.15, 0.2) is 79.0 Å². The van der Waals surface area contributed by atoms with E-state index in [-0.39, 0.29) is 25.6 Å². The molecular formula is C30H32N4O6. The zero-order valence-corrected chi connectivity index (χ0v) is 22.9. The maximum Gasteiger partial charge on any atom is 0.254 e. The van der Waals surface area contributed by atoms with Crippen LogP contribution in [0.2, 0.25) is 0 Å². The highest BCUT2D eigenvalue weighted by atomic mass is 16.5. The van der Waals surface area contributed by atoms with Crippen molar-refractivity contribution in [3.8, 4) is 34.2 Å². The average Bonchev–Trinajstić information content (AvgIpc) is 3.42. The van der Waals surface area contributed by atoms with Crippen molar-refractivity contribution in [2.45, 2.75) is 0 Å². The van der Waals surface area contributed by atoms with Crippen LogP contribution in [0.4, 0.5) is 5.95 Å². The Morgan fingerprint density at radius 1 is 0.800 bits per heavy atom. The summed E-state index contributed by atoms with van der Waals surface area (Å²) in [5, 5.41) is 2.88. The quantitative estimate of drug-likeness (QED) is 0.284. The van der Waals surface area contributed by atoms with E-state index in [0.29, 0.717) is 28.7 Å². The normalized spacial score (nSPS) is 10.6. The number of imidazole rings is 1. The Kier molecular flexibility index (Phi) is 9.37. The number of nitrogens with one attached hydrogen (secondary N) is 1. The lowest BCUT2D eigenvalue weighted by atomic mass is 10.1. The zero-order chi connectivity index (χ0) is 28.5. The number of carbonyl (C=O) groups is 2. The smallest absolute Gasteiger partial charge is 0.254 e. The molecule has 4 aromatic rings. The minimum absolute atomic E-state index is 0.193. The molecule has 208 valence electrons. The number of carbonyl (C=O) groups excluding carboxylic acids is 2. The summed E-state index contributed by atoms with van der Waals surface area (Å²) in [6, 6.07) is 21.6. The first-order valence-electron chi connectivity index (χ1n) is 12.6. The topological polar surface area (TPSA) is 104 Å². The molecule has 1 N–H and O–H groups in total. The van der Waals surface area contributed by atoms with E-state index in [1.807, 2.05) is 54.7 Å². The lowest BCUT2D eigenvalue weighted by Crippen LogP contribution is -2.40. The number of benzene rings is 3. The molecule has 0 bridgehead atoms. The van der Waals surface area contributed by atoms with Gasteiger partial charge in [-0.1, -0.05) is 0 Å². The molecule has 10 nitrogen and oxygen atoms in total. The van der Waals surface area contributed by atoms with E-state index in [1.54, 1.807) is 57.3 Å². The summed E-state index contributed by atoms with van der Waals surface area (Å²) < 4.78 is 22.7. The second-order valence-corrected chi connectivity index (χ2v) is 8.74.